The fourth-order valence-electron chi connectivity index (χ4n) is 3.13. The molecule has 146 valence electrons. The Labute approximate surface area is 160 Å². The number of nitrogens with zero attached hydrogens (tertiary/aromatic N) is 1. The van der Waals surface area contributed by atoms with Crippen molar-refractivity contribution in [3.63, 3.8) is 0 Å². The van der Waals surface area contributed by atoms with Crippen molar-refractivity contribution >= 4 is 21.6 Å². The fourth-order valence-corrected chi connectivity index (χ4v) is 4.31. The van der Waals surface area contributed by atoms with Crippen LogP contribution in [0.2, 0.25) is 0 Å². The van der Waals surface area contributed by atoms with Crippen molar-refractivity contribution in [3.8, 4) is 0 Å². The van der Waals surface area contributed by atoms with Crippen LogP contribution in [-0.4, -0.2) is 26.6 Å². The van der Waals surface area contributed by atoms with Gasteiger partial charge >= 0.3 is 0 Å². The minimum atomic E-state index is -3.87. The highest BCUT2D eigenvalue weighted by Crippen LogP contribution is 2.25. The Kier molecular flexibility index (Phi) is 6.26. The molecule has 0 heterocycles. The second-order valence-electron chi connectivity index (χ2n) is 6.78. The zero-order valence-corrected chi connectivity index (χ0v) is 17.0. The molecule has 27 heavy (non-hydrogen) atoms. The van der Waals surface area contributed by atoms with Crippen LogP contribution in [0, 0.1) is 19.7 Å². The number of aryl methyl sites for hydroxylation is 2. The van der Waals surface area contributed by atoms with E-state index in [-0.39, 0.29) is 11.7 Å². The molecule has 2 unspecified atom stereocenters. The minimum Gasteiger partial charge on any atom is -0.348 e. The van der Waals surface area contributed by atoms with Crippen LogP contribution in [0.3, 0.4) is 0 Å². The van der Waals surface area contributed by atoms with Gasteiger partial charge in [-0.15, -0.1) is 0 Å². The number of para-hydroxylation sites is 1. The third-order valence-electron chi connectivity index (χ3n) is 4.43. The minimum absolute atomic E-state index is 0.151. The summed E-state index contributed by atoms with van der Waals surface area (Å²) in [5.74, 6) is -1.21. The lowest BCUT2D eigenvalue weighted by molar-refractivity contribution is -0.122. The first-order valence-electron chi connectivity index (χ1n) is 8.64. The highest BCUT2D eigenvalue weighted by molar-refractivity contribution is 7.92. The predicted molar refractivity (Wildman–Crippen MR) is 106 cm³/mol. The van der Waals surface area contributed by atoms with Gasteiger partial charge in [0.2, 0.25) is 15.9 Å². The van der Waals surface area contributed by atoms with E-state index in [2.05, 4.69) is 5.32 Å². The number of carbonyl (C=O) groups excluding carboxylic acids is 1. The SMILES string of the molecule is Cc1ccc(C(C)NC(=O)C(C)N(c2ccccc2F)S(C)(=O)=O)c(C)c1. The van der Waals surface area contributed by atoms with E-state index < -0.39 is 27.8 Å². The van der Waals surface area contributed by atoms with E-state index in [0.29, 0.717) is 0 Å². The lowest BCUT2D eigenvalue weighted by Crippen LogP contribution is -2.48. The maximum Gasteiger partial charge on any atom is 0.244 e. The first kappa shape index (κ1) is 20.9. The van der Waals surface area contributed by atoms with E-state index in [1.165, 1.54) is 25.1 Å². The van der Waals surface area contributed by atoms with E-state index >= 15 is 0 Å². The summed E-state index contributed by atoms with van der Waals surface area (Å²) in [7, 11) is -3.87. The van der Waals surface area contributed by atoms with Crippen LogP contribution in [-0.2, 0) is 14.8 Å². The van der Waals surface area contributed by atoms with Crippen molar-refractivity contribution < 1.29 is 17.6 Å². The van der Waals surface area contributed by atoms with Gasteiger partial charge in [-0.3, -0.25) is 9.10 Å². The quantitative estimate of drug-likeness (QED) is 0.819. The highest BCUT2D eigenvalue weighted by Gasteiger charge is 2.31. The van der Waals surface area contributed by atoms with Crippen molar-refractivity contribution in [2.45, 2.75) is 39.8 Å². The number of halogens is 1. The molecule has 2 aromatic carbocycles. The molecule has 0 fully saturated rings. The van der Waals surface area contributed by atoms with Gasteiger partial charge in [0.1, 0.15) is 11.9 Å². The summed E-state index contributed by atoms with van der Waals surface area (Å²) in [5, 5.41) is 2.83. The number of nitrogens with one attached hydrogen (secondary N) is 1. The Bertz CT molecular complexity index is 944. The van der Waals surface area contributed by atoms with Crippen molar-refractivity contribution in [3.05, 3.63) is 65.0 Å². The molecule has 1 N–H and O–H groups in total. The summed E-state index contributed by atoms with van der Waals surface area (Å²) in [4.78, 5) is 12.7. The molecule has 0 radical (unpaired) electrons. The summed E-state index contributed by atoms with van der Waals surface area (Å²) in [6.07, 6.45) is 0.955. The molecule has 2 aromatic rings. The smallest absolute Gasteiger partial charge is 0.244 e. The fraction of sp³-hybridized carbons (Fsp3) is 0.350. The Hall–Kier alpha value is -2.41. The van der Waals surface area contributed by atoms with Crippen LogP contribution in [0.1, 0.15) is 36.6 Å². The van der Waals surface area contributed by atoms with Crippen LogP contribution in [0.4, 0.5) is 10.1 Å². The summed E-state index contributed by atoms with van der Waals surface area (Å²) < 4.78 is 39.5. The molecule has 2 rings (SSSR count). The summed E-state index contributed by atoms with van der Waals surface area (Å²) in [5.41, 5.74) is 2.94. The van der Waals surface area contributed by atoms with Gasteiger partial charge in [0, 0.05) is 0 Å². The van der Waals surface area contributed by atoms with E-state index in [1.807, 2.05) is 39.0 Å². The average Bonchev–Trinajstić information content (AvgIpc) is 2.55. The molecule has 5 nitrogen and oxygen atoms in total. The Morgan fingerprint density at radius 2 is 1.74 bits per heavy atom. The second kappa shape index (κ2) is 8.08. The highest BCUT2D eigenvalue weighted by atomic mass is 32.2. The summed E-state index contributed by atoms with van der Waals surface area (Å²) >= 11 is 0. The lowest BCUT2D eigenvalue weighted by atomic mass is 10.00. The van der Waals surface area contributed by atoms with Gasteiger partial charge in [0.15, 0.2) is 0 Å². The maximum atomic E-state index is 14.2. The molecule has 2 atom stereocenters. The number of amides is 1. The Morgan fingerprint density at radius 3 is 2.30 bits per heavy atom. The maximum absolute atomic E-state index is 14.2. The van der Waals surface area contributed by atoms with Crippen molar-refractivity contribution in [1.29, 1.82) is 0 Å². The number of rotatable bonds is 6. The zero-order valence-electron chi connectivity index (χ0n) is 16.2. The number of hydrogen-bond acceptors (Lipinski definition) is 3. The number of hydrogen-bond donors (Lipinski definition) is 1. The molecule has 1 amide bonds. The predicted octanol–water partition coefficient (Wildman–Crippen LogP) is 3.47. The molecular weight excluding hydrogens is 367 g/mol. The van der Waals surface area contributed by atoms with Gasteiger partial charge in [0.05, 0.1) is 18.0 Å². The molecule has 0 bridgehead atoms. The summed E-state index contributed by atoms with van der Waals surface area (Å²) in [6, 6.07) is 9.98. The topological polar surface area (TPSA) is 66.5 Å². The van der Waals surface area contributed by atoms with Gasteiger partial charge < -0.3 is 5.32 Å². The third-order valence-corrected chi connectivity index (χ3v) is 5.66. The Balaban J connectivity index is 2.29. The van der Waals surface area contributed by atoms with Gasteiger partial charge in [-0.1, -0.05) is 35.9 Å². The molecule has 0 aliphatic carbocycles. The normalized spacial score (nSPS) is 13.7. The van der Waals surface area contributed by atoms with Crippen LogP contribution in [0.5, 0.6) is 0 Å². The molecular formula is C20H25FN2O3S. The van der Waals surface area contributed by atoms with Gasteiger partial charge in [0.25, 0.3) is 0 Å². The molecule has 0 aliphatic rings. The van der Waals surface area contributed by atoms with Gasteiger partial charge in [-0.05, 0) is 51.0 Å². The number of anilines is 1. The lowest BCUT2D eigenvalue weighted by Gasteiger charge is -2.29. The van der Waals surface area contributed by atoms with E-state index in [0.717, 1.165) is 33.3 Å². The Morgan fingerprint density at radius 1 is 1.11 bits per heavy atom. The summed E-state index contributed by atoms with van der Waals surface area (Å²) in [6.45, 7) is 7.21. The van der Waals surface area contributed by atoms with E-state index in [4.69, 9.17) is 0 Å². The average molecular weight is 392 g/mol. The number of benzene rings is 2. The molecule has 0 saturated carbocycles. The molecule has 0 spiro atoms. The van der Waals surface area contributed by atoms with E-state index in [1.54, 1.807) is 0 Å². The standard InChI is InChI=1S/C20H25FN2O3S/c1-13-10-11-17(14(2)12-13)15(3)22-20(24)16(4)23(27(5,25)26)19-9-7-6-8-18(19)21/h6-12,15-16H,1-5H3,(H,22,24). The number of sulfonamides is 1. The van der Waals surface area contributed by atoms with Gasteiger partial charge in [-0.25, -0.2) is 12.8 Å². The molecule has 7 heteroatoms. The molecule has 0 aromatic heterocycles. The van der Waals surface area contributed by atoms with Gasteiger partial charge in [-0.2, -0.15) is 0 Å². The van der Waals surface area contributed by atoms with Crippen molar-refractivity contribution in [2.24, 2.45) is 0 Å². The monoisotopic (exact) mass is 392 g/mol. The van der Waals surface area contributed by atoms with Crippen molar-refractivity contribution in [2.75, 3.05) is 10.6 Å². The van der Waals surface area contributed by atoms with Crippen molar-refractivity contribution in [1.82, 2.24) is 5.32 Å². The van der Waals surface area contributed by atoms with Crippen LogP contribution in [0.25, 0.3) is 0 Å². The van der Waals surface area contributed by atoms with Crippen LogP contribution < -0.4 is 9.62 Å². The molecule has 0 saturated heterocycles. The first-order valence-corrected chi connectivity index (χ1v) is 10.5. The number of carbonyl (C=O) groups is 1. The third kappa shape index (κ3) is 4.86. The first-order chi connectivity index (χ1) is 12.5. The molecule has 0 aliphatic heterocycles. The van der Waals surface area contributed by atoms with Crippen LogP contribution in [0.15, 0.2) is 42.5 Å². The zero-order chi connectivity index (χ0) is 20.4. The van der Waals surface area contributed by atoms with Crippen LogP contribution >= 0.6 is 0 Å². The van der Waals surface area contributed by atoms with E-state index in [9.17, 15) is 17.6 Å². The second-order valence-corrected chi connectivity index (χ2v) is 8.64. The largest absolute Gasteiger partial charge is 0.348 e.